The zero-order valence-corrected chi connectivity index (χ0v) is 11.8. The van der Waals surface area contributed by atoms with Gasteiger partial charge in [-0.05, 0) is 50.5 Å². The van der Waals surface area contributed by atoms with Gasteiger partial charge in [0.2, 0.25) is 0 Å². The fraction of sp³-hybridized carbons (Fsp3) is 0.600. The summed E-state index contributed by atoms with van der Waals surface area (Å²) in [6.45, 7) is 0.730. The van der Waals surface area contributed by atoms with Crippen molar-refractivity contribution in [3.63, 3.8) is 0 Å². The lowest BCUT2D eigenvalue weighted by molar-refractivity contribution is -0.148. The van der Waals surface area contributed by atoms with Crippen LogP contribution in [0.4, 0.5) is 17.6 Å². The Balaban J connectivity index is 1.66. The second-order valence-corrected chi connectivity index (χ2v) is 5.46. The van der Waals surface area contributed by atoms with Crippen LogP contribution in [0.2, 0.25) is 0 Å². The first-order chi connectivity index (χ1) is 9.94. The topological polar surface area (TPSA) is 15.3 Å². The maximum absolute atomic E-state index is 13.4. The molecule has 0 saturated carbocycles. The molecule has 0 bridgehead atoms. The summed E-state index contributed by atoms with van der Waals surface area (Å²) in [4.78, 5) is 1.44. The molecule has 1 fully saturated rings. The van der Waals surface area contributed by atoms with Crippen LogP contribution in [0.25, 0.3) is 0 Å². The molecule has 0 spiro atoms. The smallest absolute Gasteiger partial charge is 0.314 e. The predicted molar refractivity (Wildman–Crippen MR) is 73.6 cm³/mol. The van der Waals surface area contributed by atoms with Crippen LogP contribution >= 0.6 is 0 Å². The lowest BCUT2D eigenvalue weighted by Gasteiger charge is -2.32. The summed E-state index contributed by atoms with van der Waals surface area (Å²) in [7, 11) is 0. The molecular formula is C15H20F4N2. The zero-order valence-electron chi connectivity index (χ0n) is 11.8. The van der Waals surface area contributed by atoms with Gasteiger partial charge >= 0.3 is 6.18 Å². The van der Waals surface area contributed by atoms with E-state index in [9.17, 15) is 17.6 Å². The van der Waals surface area contributed by atoms with Crippen LogP contribution in [-0.2, 0) is 6.42 Å². The first kappa shape index (κ1) is 16.2. The highest BCUT2D eigenvalue weighted by atomic mass is 19.4. The SMILES string of the molecule is Fc1ccccc1CCNC1CCN(CC(F)(F)F)CC1. The van der Waals surface area contributed by atoms with Crippen LogP contribution in [-0.4, -0.2) is 43.3 Å². The monoisotopic (exact) mass is 304 g/mol. The largest absolute Gasteiger partial charge is 0.401 e. The molecule has 6 heteroatoms. The van der Waals surface area contributed by atoms with E-state index in [0.717, 1.165) is 0 Å². The van der Waals surface area contributed by atoms with Gasteiger partial charge in [0.05, 0.1) is 6.54 Å². The van der Waals surface area contributed by atoms with Crippen LogP contribution in [0.3, 0.4) is 0 Å². The first-order valence-corrected chi connectivity index (χ1v) is 7.20. The first-order valence-electron chi connectivity index (χ1n) is 7.20. The van der Waals surface area contributed by atoms with Crippen molar-refractivity contribution in [1.82, 2.24) is 10.2 Å². The minimum Gasteiger partial charge on any atom is -0.314 e. The summed E-state index contributed by atoms with van der Waals surface area (Å²) in [6.07, 6.45) is -2.12. The molecule has 2 rings (SSSR count). The molecule has 1 saturated heterocycles. The summed E-state index contributed by atoms with van der Waals surface area (Å²) in [5.41, 5.74) is 0.666. The lowest BCUT2D eigenvalue weighted by Crippen LogP contribution is -2.45. The van der Waals surface area contributed by atoms with E-state index in [1.54, 1.807) is 18.2 Å². The average Bonchev–Trinajstić information content (AvgIpc) is 2.41. The quantitative estimate of drug-likeness (QED) is 0.841. The molecule has 1 aliphatic rings. The molecule has 1 aromatic carbocycles. The Labute approximate surface area is 122 Å². The van der Waals surface area contributed by atoms with Crippen molar-refractivity contribution in [2.45, 2.75) is 31.5 Å². The highest BCUT2D eigenvalue weighted by molar-refractivity contribution is 5.17. The van der Waals surface area contributed by atoms with E-state index in [0.29, 0.717) is 44.5 Å². The Kier molecular flexibility index (Phi) is 5.58. The third-order valence-electron chi connectivity index (χ3n) is 3.78. The Morgan fingerprint density at radius 3 is 2.43 bits per heavy atom. The van der Waals surface area contributed by atoms with Gasteiger partial charge in [-0.15, -0.1) is 0 Å². The number of alkyl halides is 3. The Morgan fingerprint density at radius 1 is 1.14 bits per heavy atom. The maximum Gasteiger partial charge on any atom is 0.401 e. The summed E-state index contributed by atoms with van der Waals surface area (Å²) < 4.78 is 50.2. The molecule has 21 heavy (non-hydrogen) atoms. The molecular weight excluding hydrogens is 284 g/mol. The number of hydrogen-bond donors (Lipinski definition) is 1. The molecule has 0 amide bonds. The van der Waals surface area contributed by atoms with Gasteiger partial charge in [-0.2, -0.15) is 13.2 Å². The predicted octanol–water partition coefficient (Wildman–Crippen LogP) is 2.98. The third-order valence-corrected chi connectivity index (χ3v) is 3.78. The third kappa shape index (κ3) is 5.63. The van der Waals surface area contributed by atoms with E-state index >= 15 is 0 Å². The summed E-state index contributed by atoms with van der Waals surface area (Å²) >= 11 is 0. The van der Waals surface area contributed by atoms with Crippen molar-refractivity contribution < 1.29 is 17.6 Å². The molecule has 1 N–H and O–H groups in total. The second-order valence-electron chi connectivity index (χ2n) is 5.46. The molecule has 1 heterocycles. The van der Waals surface area contributed by atoms with Crippen molar-refractivity contribution in [1.29, 1.82) is 0 Å². The normalized spacial score (nSPS) is 18.1. The molecule has 0 unspecified atom stereocenters. The van der Waals surface area contributed by atoms with Crippen LogP contribution < -0.4 is 5.32 Å². The number of nitrogens with one attached hydrogen (secondary N) is 1. The van der Waals surface area contributed by atoms with E-state index in [-0.39, 0.29) is 11.9 Å². The van der Waals surface area contributed by atoms with E-state index in [1.807, 2.05) is 0 Å². The van der Waals surface area contributed by atoms with Gasteiger partial charge in [-0.3, -0.25) is 4.90 Å². The Hall–Kier alpha value is -1.14. The number of rotatable bonds is 5. The molecule has 118 valence electrons. The Bertz CT molecular complexity index is 440. The van der Waals surface area contributed by atoms with E-state index in [2.05, 4.69) is 5.32 Å². The van der Waals surface area contributed by atoms with Crippen molar-refractivity contribution in [2.75, 3.05) is 26.2 Å². The number of halogens is 4. The minimum atomic E-state index is -4.12. The molecule has 0 radical (unpaired) electrons. The number of benzene rings is 1. The fourth-order valence-corrected chi connectivity index (χ4v) is 2.66. The van der Waals surface area contributed by atoms with Crippen molar-refractivity contribution in [3.05, 3.63) is 35.6 Å². The highest BCUT2D eigenvalue weighted by Gasteiger charge is 2.32. The van der Waals surface area contributed by atoms with Gasteiger partial charge in [0.15, 0.2) is 0 Å². The van der Waals surface area contributed by atoms with Gasteiger partial charge < -0.3 is 5.32 Å². The standard InChI is InChI=1S/C15H20F4N2/c16-14-4-2-1-3-12(14)5-8-20-13-6-9-21(10-7-13)11-15(17,18)19/h1-4,13,20H,5-11H2. The van der Waals surface area contributed by atoms with Crippen molar-refractivity contribution in [3.8, 4) is 0 Å². The van der Waals surface area contributed by atoms with Crippen LogP contribution in [0.15, 0.2) is 24.3 Å². The van der Waals surface area contributed by atoms with E-state index < -0.39 is 12.7 Å². The van der Waals surface area contributed by atoms with Crippen molar-refractivity contribution in [2.24, 2.45) is 0 Å². The van der Waals surface area contributed by atoms with E-state index in [1.165, 1.54) is 11.0 Å². The molecule has 0 atom stereocenters. The fourth-order valence-electron chi connectivity index (χ4n) is 2.66. The van der Waals surface area contributed by atoms with Gasteiger partial charge in [-0.25, -0.2) is 4.39 Å². The number of nitrogens with zero attached hydrogens (tertiary/aromatic N) is 1. The van der Waals surface area contributed by atoms with Crippen molar-refractivity contribution >= 4 is 0 Å². The Morgan fingerprint density at radius 2 is 1.81 bits per heavy atom. The molecule has 1 aromatic rings. The number of hydrogen-bond acceptors (Lipinski definition) is 2. The minimum absolute atomic E-state index is 0.209. The summed E-state index contributed by atoms with van der Waals surface area (Å²) in [5.74, 6) is -0.209. The average molecular weight is 304 g/mol. The zero-order chi connectivity index (χ0) is 15.3. The summed E-state index contributed by atoms with van der Waals surface area (Å²) in [5, 5.41) is 3.31. The molecule has 0 aliphatic carbocycles. The van der Waals surface area contributed by atoms with Gasteiger partial charge in [-0.1, -0.05) is 18.2 Å². The van der Waals surface area contributed by atoms with Crippen LogP contribution in [0, 0.1) is 5.82 Å². The maximum atomic E-state index is 13.4. The second kappa shape index (κ2) is 7.22. The van der Waals surface area contributed by atoms with Crippen LogP contribution in [0.1, 0.15) is 18.4 Å². The van der Waals surface area contributed by atoms with Crippen LogP contribution in [0.5, 0.6) is 0 Å². The molecule has 2 nitrogen and oxygen atoms in total. The highest BCUT2D eigenvalue weighted by Crippen LogP contribution is 2.19. The van der Waals surface area contributed by atoms with Gasteiger partial charge in [0.25, 0.3) is 0 Å². The molecule has 0 aromatic heterocycles. The number of piperidine rings is 1. The molecule has 1 aliphatic heterocycles. The number of likely N-dealkylation sites (tertiary alicyclic amines) is 1. The van der Waals surface area contributed by atoms with E-state index in [4.69, 9.17) is 0 Å². The van der Waals surface area contributed by atoms with Gasteiger partial charge in [0, 0.05) is 6.04 Å². The van der Waals surface area contributed by atoms with Gasteiger partial charge in [0.1, 0.15) is 5.82 Å². The summed E-state index contributed by atoms with van der Waals surface area (Å²) in [6, 6.07) is 6.87. The lowest BCUT2D eigenvalue weighted by atomic mass is 10.0.